The predicted molar refractivity (Wildman–Crippen MR) is 100 cm³/mol. The Bertz CT molecular complexity index is 820. The van der Waals surface area contributed by atoms with Crippen LogP contribution in [-0.2, 0) is 6.54 Å². The second kappa shape index (κ2) is 7.21. The number of anilines is 1. The maximum Gasteiger partial charge on any atom is 0.0945 e. The van der Waals surface area contributed by atoms with Gasteiger partial charge in [0.15, 0.2) is 0 Å². The molecule has 0 spiro atoms. The van der Waals surface area contributed by atoms with Crippen LogP contribution in [0.3, 0.4) is 0 Å². The van der Waals surface area contributed by atoms with Gasteiger partial charge in [0.25, 0.3) is 0 Å². The van der Waals surface area contributed by atoms with Crippen LogP contribution >= 0.6 is 23.5 Å². The molecule has 0 unspecified atom stereocenters. The molecule has 2 aromatic carbocycles. The highest BCUT2D eigenvalue weighted by atomic mass is 35.5. The lowest BCUT2D eigenvalue weighted by atomic mass is 10.2. The summed E-state index contributed by atoms with van der Waals surface area (Å²) in [7, 11) is 4.09. The zero-order valence-corrected chi connectivity index (χ0v) is 14.7. The first-order valence-electron chi connectivity index (χ1n) is 7.33. The van der Waals surface area contributed by atoms with Gasteiger partial charge in [0.2, 0.25) is 0 Å². The molecule has 23 heavy (non-hydrogen) atoms. The fourth-order valence-electron chi connectivity index (χ4n) is 2.33. The number of halogens is 1. The van der Waals surface area contributed by atoms with Crippen LogP contribution in [0.4, 0.5) is 5.69 Å². The zero-order chi connectivity index (χ0) is 16.2. The van der Waals surface area contributed by atoms with Crippen molar-refractivity contribution >= 4 is 40.1 Å². The Kier molecular flexibility index (Phi) is 5.06. The average Bonchev–Trinajstić information content (AvgIpc) is 2.52. The van der Waals surface area contributed by atoms with Gasteiger partial charge >= 0.3 is 0 Å². The standard InChI is InChI=1S/C18H18ClN3S/c1-22(2)12-15-10-9-13-5-3-8-17(18(13)20-15)21-23-16-7-4-6-14(19)11-16/h3-11,21H,12H2,1-2H3. The minimum atomic E-state index is 0.737. The van der Waals surface area contributed by atoms with Gasteiger partial charge in [0, 0.05) is 21.8 Å². The van der Waals surface area contributed by atoms with Gasteiger partial charge in [-0.3, -0.25) is 0 Å². The number of fused-ring (bicyclic) bond motifs is 1. The number of benzene rings is 2. The van der Waals surface area contributed by atoms with Crippen LogP contribution in [0.1, 0.15) is 5.69 Å². The largest absolute Gasteiger partial charge is 0.324 e. The number of para-hydroxylation sites is 1. The molecule has 1 heterocycles. The minimum absolute atomic E-state index is 0.737. The van der Waals surface area contributed by atoms with E-state index in [0.717, 1.165) is 38.7 Å². The lowest BCUT2D eigenvalue weighted by Crippen LogP contribution is -2.11. The Morgan fingerprint density at radius 2 is 1.91 bits per heavy atom. The van der Waals surface area contributed by atoms with Crippen molar-refractivity contribution in [2.75, 3.05) is 18.8 Å². The molecule has 0 saturated heterocycles. The van der Waals surface area contributed by atoms with E-state index in [4.69, 9.17) is 16.6 Å². The molecule has 0 bridgehead atoms. The van der Waals surface area contributed by atoms with Crippen LogP contribution in [0.25, 0.3) is 10.9 Å². The van der Waals surface area contributed by atoms with Crippen molar-refractivity contribution in [2.45, 2.75) is 11.4 Å². The summed E-state index contributed by atoms with van der Waals surface area (Å²) in [6, 6.07) is 18.2. The van der Waals surface area contributed by atoms with Crippen molar-refractivity contribution in [2.24, 2.45) is 0 Å². The number of nitrogens with one attached hydrogen (secondary N) is 1. The SMILES string of the molecule is CN(C)Cc1ccc2cccc(NSc3cccc(Cl)c3)c2n1. The second-order valence-corrected chi connectivity index (χ2v) is 6.90. The maximum atomic E-state index is 6.03. The first kappa shape index (κ1) is 16.1. The molecule has 0 saturated carbocycles. The van der Waals surface area contributed by atoms with Crippen molar-refractivity contribution in [3.8, 4) is 0 Å². The van der Waals surface area contributed by atoms with Crippen molar-refractivity contribution in [3.63, 3.8) is 0 Å². The second-order valence-electron chi connectivity index (χ2n) is 5.58. The summed E-state index contributed by atoms with van der Waals surface area (Å²) in [5.74, 6) is 0. The van der Waals surface area contributed by atoms with Gasteiger partial charge in [-0.2, -0.15) is 0 Å². The van der Waals surface area contributed by atoms with Gasteiger partial charge in [-0.25, -0.2) is 4.98 Å². The first-order chi connectivity index (χ1) is 11.1. The molecule has 5 heteroatoms. The Balaban J connectivity index is 1.87. The van der Waals surface area contributed by atoms with E-state index in [-0.39, 0.29) is 0 Å². The smallest absolute Gasteiger partial charge is 0.0945 e. The number of pyridine rings is 1. The Labute approximate surface area is 145 Å². The van der Waals surface area contributed by atoms with E-state index < -0.39 is 0 Å². The number of hydrogen-bond donors (Lipinski definition) is 1. The number of aromatic nitrogens is 1. The molecule has 0 atom stereocenters. The topological polar surface area (TPSA) is 28.2 Å². The average molecular weight is 344 g/mol. The highest BCUT2D eigenvalue weighted by molar-refractivity contribution is 8.00. The molecule has 0 fully saturated rings. The summed E-state index contributed by atoms with van der Waals surface area (Å²) < 4.78 is 3.39. The van der Waals surface area contributed by atoms with Crippen LogP contribution in [-0.4, -0.2) is 24.0 Å². The highest BCUT2D eigenvalue weighted by Crippen LogP contribution is 2.28. The molecule has 1 N–H and O–H groups in total. The summed E-state index contributed by atoms with van der Waals surface area (Å²) in [6.07, 6.45) is 0. The third-order valence-electron chi connectivity index (χ3n) is 3.33. The fraction of sp³-hybridized carbons (Fsp3) is 0.167. The van der Waals surface area contributed by atoms with E-state index in [0.29, 0.717) is 0 Å². The van der Waals surface area contributed by atoms with Gasteiger partial charge in [0.1, 0.15) is 0 Å². The predicted octanol–water partition coefficient (Wildman–Crippen LogP) is 5.07. The van der Waals surface area contributed by atoms with Gasteiger partial charge in [-0.05, 0) is 56.4 Å². The van der Waals surface area contributed by atoms with Gasteiger partial charge in [-0.1, -0.05) is 35.9 Å². The summed E-state index contributed by atoms with van der Waals surface area (Å²) in [5.41, 5.74) is 3.05. The molecule has 0 radical (unpaired) electrons. The Morgan fingerprint density at radius 3 is 2.70 bits per heavy atom. The molecule has 1 aromatic heterocycles. The quantitative estimate of drug-likeness (QED) is 0.655. The Morgan fingerprint density at radius 1 is 1.09 bits per heavy atom. The van der Waals surface area contributed by atoms with E-state index in [1.165, 1.54) is 11.9 Å². The van der Waals surface area contributed by atoms with Crippen molar-refractivity contribution in [1.82, 2.24) is 9.88 Å². The van der Waals surface area contributed by atoms with E-state index in [1.54, 1.807) is 0 Å². The van der Waals surface area contributed by atoms with Gasteiger partial charge in [-0.15, -0.1) is 0 Å². The fourth-order valence-corrected chi connectivity index (χ4v) is 3.31. The summed E-state index contributed by atoms with van der Waals surface area (Å²) in [4.78, 5) is 7.99. The van der Waals surface area contributed by atoms with E-state index in [9.17, 15) is 0 Å². The van der Waals surface area contributed by atoms with Crippen molar-refractivity contribution < 1.29 is 0 Å². The molecule has 3 aromatic rings. The maximum absolute atomic E-state index is 6.03. The highest BCUT2D eigenvalue weighted by Gasteiger charge is 2.05. The number of hydrogen-bond acceptors (Lipinski definition) is 4. The van der Waals surface area contributed by atoms with E-state index in [1.807, 2.05) is 50.5 Å². The molecular formula is C18H18ClN3S. The monoisotopic (exact) mass is 343 g/mol. The molecule has 0 aliphatic carbocycles. The van der Waals surface area contributed by atoms with Crippen LogP contribution in [0.2, 0.25) is 5.02 Å². The summed E-state index contributed by atoms with van der Waals surface area (Å²) >= 11 is 7.57. The first-order valence-corrected chi connectivity index (χ1v) is 8.53. The molecule has 3 rings (SSSR count). The third kappa shape index (κ3) is 4.16. The number of nitrogens with zero attached hydrogens (tertiary/aromatic N) is 2. The van der Waals surface area contributed by atoms with Crippen LogP contribution in [0, 0.1) is 0 Å². The van der Waals surface area contributed by atoms with Gasteiger partial charge < -0.3 is 9.62 Å². The summed E-state index contributed by atoms with van der Waals surface area (Å²) in [6.45, 7) is 0.825. The normalized spacial score (nSPS) is 11.1. The minimum Gasteiger partial charge on any atom is -0.324 e. The number of rotatable bonds is 5. The van der Waals surface area contributed by atoms with Crippen LogP contribution in [0.15, 0.2) is 59.5 Å². The Hall–Kier alpha value is -1.75. The van der Waals surface area contributed by atoms with E-state index >= 15 is 0 Å². The molecule has 118 valence electrons. The van der Waals surface area contributed by atoms with Gasteiger partial charge in [0.05, 0.1) is 16.9 Å². The molecule has 0 aliphatic rings. The molecule has 0 aliphatic heterocycles. The molecule has 3 nitrogen and oxygen atoms in total. The lowest BCUT2D eigenvalue weighted by Gasteiger charge is -2.12. The molecular weight excluding hydrogens is 326 g/mol. The lowest BCUT2D eigenvalue weighted by molar-refractivity contribution is 0.397. The van der Waals surface area contributed by atoms with Crippen LogP contribution in [0.5, 0.6) is 0 Å². The zero-order valence-electron chi connectivity index (χ0n) is 13.1. The van der Waals surface area contributed by atoms with Crippen molar-refractivity contribution in [1.29, 1.82) is 0 Å². The van der Waals surface area contributed by atoms with Crippen molar-refractivity contribution in [3.05, 3.63) is 65.3 Å². The summed E-state index contributed by atoms with van der Waals surface area (Å²) in [5, 5.41) is 1.87. The van der Waals surface area contributed by atoms with E-state index in [2.05, 4.69) is 27.8 Å². The molecule has 0 amide bonds. The van der Waals surface area contributed by atoms with Crippen LogP contribution < -0.4 is 4.72 Å². The third-order valence-corrected chi connectivity index (χ3v) is 4.38.